The number of hydrogen-bond donors (Lipinski definition) is 0. The summed E-state index contributed by atoms with van der Waals surface area (Å²) < 4.78 is 3.56. The van der Waals surface area contributed by atoms with Crippen molar-refractivity contribution in [3.05, 3.63) is 51.1 Å². The van der Waals surface area contributed by atoms with Crippen LogP contribution in [-0.4, -0.2) is 31.1 Å². The van der Waals surface area contributed by atoms with Crippen LogP contribution in [0.25, 0.3) is 4.96 Å². The molecule has 116 valence electrons. The van der Waals surface area contributed by atoms with Gasteiger partial charge in [0.1, 0.15) is 0 Å². The molecule has 3 heterocycles. The summed E-state index contributed by atoms with van der Waals surface area (Å²) in [5, 5.41) is 6.24. The molecule has 0 aliphatic carbocycles. The van der Waals surface area contributed by atoms with Crippen LogP contribution in [0, 0.1) is 6.92 Å². The fourth-order valence-corrected chi connectivity index (χ4v) is 3.29. The normalized spacial score (nSPS) is 11.6. The number of aryl methyl sites for hydroxylation is 1. The molecule has 0 aliphatic heterocycles. The largest absolute Gasteiger partial charge is 0.296 e. The number of hydrogen-bond acceptors (Lipinski definition) is 5. The molecule has 6 nitrogen and oxygen atoms in total. The number of thiazole rings is 1. The van der Waals surface area contributed by atoms with Crippen molar-refractivity contribution in [2.45, 2.75) is 33.5 Å². The summed E-state index contributed by atoms with van der Waals surface area (Å²) in [5.41, 5.74) is 3.18. The Morgan fingerprint density at radius 3 is 2.91 bits per heavy atom. The summed E-state index contributed by atoms with van der Waals surface area (Å²) in [6.45, 7) is 6.48. The summed E-state index contributed by atoms with van der Waals surface area (Å²) >= 11 is 1.48. The van der Waals surface area contributed by atoms with E-state index in [1.54, 1.807) is 16.7 Å². The molecule has 0 bridgehead atoms. The molecule has 3 aromatic heterocycles. The Bertz CT molecular complexity index is 847. The van der Waals surface area contributed by atoms with Gasteiger partial charge < -0.3 is 0 Å². The van der Waals surface area contributed by atoms with Gasteiger partial charge in [-0.1, -0.05) is 0 Å². The van der Waals surface area contributed by atoms with Crippen LogP contribution in [0.15, 0.2) is 28.6 Å². The second-order valence-corrected chi connectivity index (χ2v) is 6.26. The van der Waals surface area contributed by atoms with Gasteiger partial charge >= 0.3 is 0 Å². The fraction of sp³-hybridized carbons (Fsp3) is 0.400. The van der Waals surface area contributed by atoms with Crippen LogP contribution in [0.4, 0.5) is 0 Å². The first kappa shape index (κ1) is 14.9. The molecule has 0 saturated carbocycles. The first-order chi connectivity index (χ1) is 10.6. The first-order valence-electron chi connectivity index (χ1n) is 7.24. The lowest BCUT2D eigenvalue weighted by atomic mass is 10.2. The molecule has 0 unspecified atom stereocenters. The van der Waals surface area contributed by atoms with Crippen LogP contribution < -0.4 is 5.56 Å². The highest BCUT2D eigenvalue weighted by Crippen LogP contribution is 2.12. The molecule has 0 atom stereocenters. The van der Waals surface area contributed by atoms with Gasteiger partial charge in [-0.05, 0) is 20.9 Å². The van der Waals surface area contributed by atoms with Gasteiger partial charge in [-0.2, -0.15) is 5.10 Å². The molecule has 0 saturated heterocycles. The van der Waals surface area contributed by atoms with E-state index in [1.807, 2.05) is 23.3 Å². The second kappa shape index (κ2) is 6.02. The zero-order chi connectivity index (χ0) is 15.7. The Kier molecular flexibility index (Phi) is 4.08. The minimum absolute atomic E-state index is 0.0235. The maximum Gasteiger partial charge on any atom is 0.258 e. The van der Waals surface area contributed by atoms with Gasteiger partial charge in [-0.15, -0.1) is 11.3 Å². The standard InChI is InChI=1S/C15H19N5OS/c1-4-20-11(2)12(8-16-20)9-18(3)10-13-7-14(21)19-5-6-22-15(19)17-13/h5-8H,4,9-10H2,1-3H3. The maximum atomic E-state index is 12.0. The predicted molar refractivity (Wildman–Crippen MR) is 87.1 cm³/mol. The van der Waals surface area contributed by atoms with Gasteiger partial charge in [0, 0.05) is 48.5 Å². The van der Waals surface area contributed by atoms with Crippen molar-refractivity contribution >= 4 is 16.3 Å². The minimum Gasteiger partial charge on any atom is -0.296 e. The van der Waals surface area contributed by atoms with Gasteiger partial charge in [-0.25, -0.2) is 4.98 Å². The van der Waals surface area contributed by atoms with E-state index >= 15 is 0 Å². The van der Waals surface area contributed by atoms with Crippen LogP contribution in [0.5, 0.6) is 0 Å². The zero-order valence-electron chi connectivity index (χ0n) is 13.0. The molecular formula is C15H19N5OS. The van der Waals surface area contributed by atoms with Crippen molar-refractivity contribution in [2.24, 2.45) is 0 Å². The summed E-state index contributed by atoms with van der Waals surface area (Å²) in [6.07, 6.45) is 3.67. The van der Waals surface area contributed by atoms with Crippen LogP contribution in [0.3, 0.4) is 0 Å². The van der Waals surface area contributed by atoms with Gasteiger partial charge in [0.2, 0.25) is 0 Å². The molecule has 0 aliphatic rings. The Labute approximate surface area is 132 Å². The van der Waals surface area contributed by atoms with E-state index in [0.29, 0.717) is 6.54 Å². The molecule has 3 rings (SSSR count). The maximum absolute atomic E-state index is 12.0. The SMILES string of the molecule is CCn1ncc(CN(C)Cc2cc(=O)n3ccsc3n2)c1C. The molecule has 0 amide bonds. The molecular weight excluding hydrogens is 298 g/mol. The summed E-state index contributed by atoms with van der Waals surface area (Å²) in [4.78, 5) is 19.4. The second-order valence-electron chi connectivity index (χ2n) is 5.38. The Hall–Kier alpha value is -1.99. The average Bonchev–Trinajstić information content (AvgIpc) is 3.07. The Morgan fingerprint density at radius 1 is 1.36 bits per heavy atom. The summed E-state index contributed by atoms with van der Waals surface area (Å²) in [5.74, 6) is 0. The topological polar surface area (TPSA) is 55.4 Å². The van der Waals surface area contributed by atoms with E-state index in [-0.39, 0.29) is 5.56 Å². The van der Waals surface area contributed by atoms with Crippen LogP contribution in [0.2, 0.25) is 0 Å². The minimum atomic E-state index is -0.0235. The van der Waals surface area contributed by atoms with Crippen LogP contribution in [0.1, 0.15) is 23.9 Å². The molecule has 0 aromatic carbocycles. The first-order valence-corrected chi connectivity index (χ1v) is 8.12. The molecule has 0 radical (unpaired) electrons. The van der Waals surface area contributed by atoms with Crippen molar-refractivity contribution < 1.29 is 0 Å². The lowest BCUT2D eigenvalue weighted by Gasteiger charge is -2.15. The number of nitrogens with zero attached hydrogens (tertiary/aromatic N) is 5. The van der Waals surface area contributed by atoms with E-state index in [2.05, 4.69) is 28.8 Å². The van der Waals surface area contributed by atoms with Crippen molar-refractivity contribution in [3.8, 4) is 0 Å². The Morgan fingerprint density at radius 2 is 2.18 bits per heavy atom. The van der Waals surface area contributed by atoms with Gasteiger partial charge in [-0.3, -0.25) is 18.8 Å². The van der Waals surface area contributed by atoms with Crippen molar-refractivity contribution in [3.63, 3.8) is 0 Å². The highest BCUT2D eigenvalue weighted by Gasteiger charge is 2.10. The predicted octanol–water partition coefficient (Wildman–Crippen LogP) is 1.91. The molecule has 3 aromatic rings. The van der Waals surface area contributed by atoms with Gasteiger partial charge in [0.25, 0.3) is 5.56 Å². The zero-order valence-corrected chi connectivity index (χ0v) is 13.8. The van der Waals surface area contributed by atoms with E-state index in [9.17, 15) is 4.79 Å². The lowest BCUT2D eigenvalue weighted by molar-refractivity contribution is 0.314. The smallest absolute Gasteiger partial charge is 0.258 e. The number of aromatic nitrogens is 4. The third-order valence-corrected chi connectivity index (χ3v) is 4.49. The van der Waals surface area contributed by atoms with Crippen molar-refractivity contribution in [1.29, 1.82) is 0 Å². The van der Waals surface area contributed by atoms with Crippen molar-refractivity contribution in [1.82, 2.24) is 24.1 Å². The van der Waals surface area contributed by atoms with E-state index < -0.39 is 0 Å². The molecule has 0 spiro atoms. The molecule has 0 fully saturated rings. The molecule has 0 N–H and O–H groups in total. The summed E-state index contributed by atoms with van der Waals surface area (Å²) in [7, 11) is 2.03. The van der Waals surface area contributed by atoms with Crippen LogP contribution >= 0.6 is 11.3 Å². The quantitative estimate of drug-likeness (QED) is 0.721. The van der Waals surface area contributed by atoms with Crippen LogP contribution in [-0.2, 0) is 19.6 Å². The summed E-state index contributed by atoms with van der Waals surface area (Å²) in [6, 6.07) is 1.61. The molecule has 22 heavy (non-hydrogen) atoms. The third kappa shape index (κ3) is 2.82. The number of fused-ring (bicyclic) bond motifs is 1. The van der Waals surface area contributed by atoms with E-state index in [0.717, 1.165) is 23.7 Å². The van der Waals surface area contributed by atoms with E-state index in [4.69, 9.17) is 0 Å². The van der Waals surface area contributed by atoms with E-state index in [1.165, 1.54) is 22.6 Å². The van der Waals surface area contributed by atoms with Gasteiger partial charge in [0.15, 0.2) is 4.96 Å². The highest BCUT2D eigenvalue weighted by molar-refractivity contribution is 7.15. The molecule has 7 heteroatoms. The average molecular weight is 317 g/mol. The van der Waals surface area contributed by atoms with Crippen molar-refractivity contribution in [2.75, 3.05) is 7.05 Å². The Balaban J connectivity index is 1.76. The lowest BCUT2D eigenvalue weighted by Crippen LogP contribution is -2.21. The fourth-order valence-electron chi connectivity index (χ4n) is 2.55. The number of rotatable bonds is 5. The van der Waals surface area contributed by atoms with Gasteiger partial charge in [0.05, 0.1) is 11.9 Å². The third-order valence-electron chi connectivity index (χ3n) is 3.73. The highest BCUT2D eigenvalue weighted by atomic mass is 32.1. The monoisotopic (exact) mass is 317 g/mol.